The van der Waals surface area contributed by atoms with Crippen molar-refractivity contribution in [2.45, 2.75) is 26.7 Å². The molecule has 1 aliphatic heterocycles. The molecule has 70 valence electrons. The van der Waals surface area contributed by atoms with E-state index >= 15 is 0 Å². The van der Waals surface area contributed by atoms with Gasteiger partial charge in [-0.05, 0) is 49.4 Å². The molecule has 1 nitrogen and oxygen atoms in total. The van der Waals surface area contributed by atoms with Crippen molar-refractivity contribution in [1.29, 1.82) is 0 Å². The number of hydrogen-bond donors (Lipinski definition) is 1. The van der Waals surface area contributed by atoms with Crippen LogP contribution in [0.4, 0.5) is 5.69 Å². The number of halogens is 1. The molecule has 0 unspecified atom stereocenters. The van der Waals surface area contributed by atoms with E-state index < -0.39 is 0 Å². The van der Waals surface area contributed by atoms with Gasteiger partial charge in [0.1, 0.15) is 0 Å². The van der Waals surface area contributed by atoms with E-state index in [9.17, 15) is 0 Å². The van der Waals surface area contributed by atoms with Crippen molar-refractivity contribution in [3.05, 3.63) is 27.2 Å². The van der Waals surface area contributed by atoms with Crippen molar-refractivity contribution in [1.82, 2.24) is 0 Å². The lowest BCUT2D eigenvalue weighted by Gasteiger charge is -2.21. The number of benzene rings is 1. The van der Waals surface area contributed by atoms with Crippen molar-refractivity contribution in [3.63, 3.8) is 0 Å². The van der Waals surface area contributed by atoms with Crippen LogP contribution in [0.25, 0.3) is 0 Å². The van der Waals surface area contributed by atoms with Crippen molar-refractivity contribution in [2.75, 3.05) is 11.9 Å². The molecule has 0 aromatic heterocycles. The molecular weight excluding hydrogens is 226 g/mol. The van der Waals surface area contributed by atoms with E-state index in [0.717, 1.165) is 6.54 Å². The van der Waals surface area contributed by atoms with E-state index in [2.05, 4.69) is 41.2 Å². The Morgan fingerprint density at radius 1 is 1.38 bits per heavy atom. The molecule has 13 heavy (non-hydrogen) atoms. The Labute approximate surface area is 87.7 Å². The number of aryl methyl sites for hydroxylation is 1. The summed E-state index contributed by atoms with van der Waals surface area (Å²) in [5.41, 5.74) is 5.56. The van der Waals surface area contributed by atoms with Crippen molar-refractivity contribution < 1.29 is 0 Å². The van der Waals surface area contributed by atoms with Crippen LogP contribution in [0.5, 0.6) is 0 Å². The molecule has 1 heterocycles. The average Bonchev–Trinajstić information content (AvgIpc) is 2.15. The van der Waals surface area contributed by atoms with Gasteiger partial charge in [0.05, 0.1) is 0 Å². The van der Waals surface area contributed by atoms with Gasteiger partial charge in [-0.3, -0.25) is 0 Å². The monoisotopic (exact) mass is 239 g/mol. The van der Waals surface area contributed by atoms with Crippen LogP contribution in [0.3, 0.4) is 0 Å². The van der Waals surface area contributed by atoms with Crippen LogP contribution in [0.1, 0.15) is 23.1 Å². The van der Waals surface area contributed by atoms with E-state index in [1.54, 1.807) is 0 Å². The summed E-state index contributed by atoms with van der Waals surface area (Å²) in [7, 11) is 0. The van der Waals surface area contributed by atoms with E-state index in [0.29, 0.717) is 0 Å². The summed E-state index contributed by atoms with van der Waals surface area (Å²) < 4.78 is 1.27. The Kier molecular flexibility index (Phi) is 2.33. The molecule has 0 saturated carbocycles. The van der Waals surface area contributed by atoms with Gasteiger partial charge in [0.25, 0.3) is 0 Å². The zero-order valence-electron chi connectivity index (χ0n) is 8.08. The summed E-state index contributed by atoms with van der Waals surface area (Å²) in [6.07, 6.45) is 2.47. The first-order valence-corrected chi connectivity index (χ1v) is 5.52. The van der Waals surface area contributed by atoms with Gasteiger partial charge in [-0.1, -0.05) is 15.9 Å². The standard InChI is InChI=1S/C11H14BrN/c1-7-6-10-9(4-3-5-13-10)8(2)11(7)12/h6,13H,3-5H2,1-2H3. The minimum atomic E-state index is 1.12. The van der Waals surface area contributed by atoms with Gasteiger partial charge < -0.3 is 5.32 Å². The van der Waals surface area contributed by atoms with Crippen LogP contribution in [0.2, 0.25) is 0 Å². The highest BCUT2D eigenvalue weighted by molar-refractivity contribution is 9.10. The highest BCUT2D eigenvalue weighted by Crippen LogP contribution is 2.32. The number of fused-ring (bicyclic) bond motifs is 1. The summed E-state index contributed by atoms with van der Waals surface area (Å²) in [6.45, 7) is 5.46. The zero-order valence-corrected chi connectivity index (χ0v) is 9.66. The maximum Gasteiger partial charge on any atom is 0.0378 e. The van der Waals surface area contributed by atoms with Crippen molar-refractivity contribution >= 4 is 21.6 Å². The number of hydrogen-bond acceptors (Lipinski definition) is 1. The van der Waals surface area contributed by atoms with Crippen LogP contribution < -0.4 is 5.32 Å². The zero-order chi connectivity index (χ0) is 9.42. The van der Waals surface area contributed by atoms with Crippen LogP contribution in [-0.4, -0.2) is 6.54 Å². The van der Waals surface area contributed by atoms with Gasteiger partial charge >= 0.3 is 0 Å². The predicted molar refractivity (Wildman–Crippen MR) is 60.4 cm³/mol. The molecule has 0 saturated heterocycles. The number of anilines is 1. The first kappa shape index (κ1) is 9.07. The normalized spacial score (nSPS) is 15.0. The molecule has 0 amide bonds. The fourth-order valence-corrected chi connectivity index (χ4v) is 2.32. The second-order valence-corrected chi connectivity index (χ2v) is 4.48. The second kappa shape index (κ2) is 3.33. The Hall–Kier alpha value is -0.500. The van der Waals surface area contributed by atoms with Gasteiger partial charge in [0.15, 0.2) is 0 Å². The van der Waals surface area contributed by atoms with E-state index in [1.807, 2.05) is 0 Å². The molecule has 0 spiro atoms. The highest BCUT2D eigenvalue weighted by Gasteiger charge is 2.14. The highest BCUT2D eigenvalue weighted by atomic mass is 79.9. The molecule has 0 fully saturated rings. The Bertz CT molecular complexity index is 344. The van der Waals surface area contributed by atoms with Crippen molar-refractivity contribution in [3.8, 4) is 0 Å². The lowest BCUT2D eigenvalue weighted by Crippen LogP contribution is -2.13. The quantitative estimate of drug-likeness (QED) is 0.732. The van der Waals surface area contributed by atoms with Gasteiger partial charge in [-0.15, -0.1) is 0 Å². The largest absolute Gasteiger partial charge is 0.385 e. The summed E-state index contributed by atoms with van der Waals surface area (Å²) in [4.78, 5) is 0. The van der Waals surface area contributed by atoms with E-state index in [4.69, 9.17) is 0 Å². The molecule has 2 rings (SSSR count). The lowest BCUT2D eigenvalue weighted by molar-refractivity contribution is 0.822. The maximum absolute atomic E-state index is 3.63. The number of nitrogens with one attached hydrogen (secondary N) is 1. The third-order valence-electron chi connectivity index (χ3n) is 2.73. The third-order valence-corrected chi connectivity index (χ3v) is 3.95. The lowest BCUT2D eigenvalue weighted by atomic mass is 9.96. The second-order valence-electron chi connectivity index (χ2n) is 3.69. The average molecular weight is 240 g/mol. The Morgan fingerprint density at radius 3 is 2.92 bits per heavy atom. The first-order valence-electron chi connectivity index (χ1n) is 4.72. The third kappa shape index (κ3) is 1.48. The van der Waals surface area contributed by atoms with Crippen molar-refractivity contribution in [2.24, 2.45) is 0 Å². The minimum absolute atomic E-state index is 1.12. The van der Waals surface area contributed by atoms with E-state index in [1.165, 1.54) is 39.7 Å². The topological polar surface area (TPSA) is 12.0 Å². The SMILES string of the molecule is Cc1cc2c(c(C)c1Br)CCCN2. The van der Waals surface area contributed by atoms with Gasteiger partial charge in [-0.2, -0.15) is 0 Å². The molecule has 0 bridgehead atoms. The van der Waals surface area contributed by atoms with Crippen LogP contribution >= 0.6 is 15.9 Å². The minimum Gasteiger partial charge on any atom is -0.385 e. The van der Waals surface area contributed by atoms with E-state index in [-0.39, 0.29) is 0 Å². The molecule has 0 atom stereocenters. The smallest absolute Gasteiger partial charge is 0.0378 e. The molecule has 1 aromatic rings. The van der Waals surface area contributed by atoms with Gasteiger partial charge in [0.2, 0.25) is 0 Å². The molecule has 2 heteroatoms. The van der Waals surface area contributed by atoms with Crippen LogP contribution in [0, 0.1) is 13.8 Å². The fraction of sp³-hybridized carbons (Fsp3) is 0.455. The molecule has 0 radical (unpaired) electrons. The Balaban J connectivity index is 2.60. The summed E-state index contributed by atoms with van der Waals surface area (Å²) in [6, 6.07) is 2.24. The summed E-state index contributed by atoms with van der Waals surface area (Å²) in [5.74, 6) is 0. The molecule has 1 N–H and O–H groups in total. The Morgan fingerprint density at radius 2 is 2.15 bits per heavy atom. The number of rotatable bonds is 0. The fourth-order valence-electron chi connectivity index (χ4n) is 1.97. The molecular formula is C11H14BrN. The molecule has 1 aliphatic rings. The maximum atomic E-state index is 3.63. The molecule has 0 aliphatic carbocycles. The van der Waals surface area contributed by atoms with Gasteiger partial charge in [0, 0.05) is 16.7 Å². The van der Waals surface area contributed by atoms with Crippen LogP contribution in [0.15, 0.2) is 10.5 Å². The van der Waals surface area contributed by atoms with Crippen LogP contribution in [-0.2, 0) is 6.42 Å². The predicted octanol–water partition coefficient (Wildman–Crippen LogP) is 3.42. The summed E-state index contributed by atoms with van der Waals surface area (Å²) in [5, 5.41) is 3.45. The van der Waals surface area contributed by atoms with Gasteiger partial charge in [-0.25, -0.2) is 0 Å². The summed E-state index contributed by atoms with van der Waals surface area (Å²) >= 11 is 3.63. The first-order chi connectivity index (χ1) is 6.20. The molecule has 1 aromatic carbocycles.